The van der Waals surface area contributed by atoms with Gasteiger partial charge in [-0.05, 0) is 31.9 Å². The molecule has 1 rings (SSSR count). The lowest BCUT2D eigenvalue weighted by Crippen LogP contribution is -2.61. The quantitative estimate of drug-likeness (QED) is 0.444. The first-order valence-electron chi connectivity index (χ1n) is 10.1. The highest BCUT2D eigenvalue weighted by atomic mass is 32.2. The molecule has 1 aromatic carbocycles. The van der Waals surface area contributed by atoms with Crippen molar-refractivity contribution in [3.05, 3.63) is 35.9 Å². The minimum absolute atomic E-state index is 0.140. The van der Waals surface area contributed by atoms with Crippen LogP contribution < -0.4 is 16.0 Å². The van der Waals surface area contributed by atoms with Crippen LogP contribution in [0.25, 0.3) is 0 Å². The van der Waals surface area contributed by atoms with Gasteiger partial charge in [-0.3, -0.25) is 19.2 Å². The normalized spacial score (nSPS) is 13.0. The SMILES string of the molecule is COC(=O)[C@H](CNC(=O)c1ccccc1)NC(=O)C(C)(C)NC(=O)[C@@H](SC(C)=O)C(C)C. The van der Waals surface area contributed by atoms with Crippen LogP contribution in [0, 0.1) is 5.92 Å². The van der Waals surface area contributed by atoms with Crippen molar-refractivity contribution in [2.45, 2.75) is 51.4 Å². The minimum atomic E-state index is -1.39. The van der Waals surface area contributed by atoms with Gasteiger partial charge in [-0.25, -0.2) is 4.79 Å². The van der Waals surface area contributed by atoms with Crippen molar-refractivity contribution in [1.29, 1.82) is 0 Å². The monoisotopic (exact) mass is 465 g/mol. The van der Waals surface area contributed by atoms with Gasteiger partial charge in [-0.2, -0.15) is 0 Å². The van der Waals surface area contributed by atoms with Crippen molar-refractivity contribution in [1.82, 2.24) is 16.0 Å². The number of amides is 3. The van der Waals surface area contributed by atoms with Crippen LogP contribution in [0.15, 0.2) is 30.3 Å². The van der Waals surface area contributed by atoms with Crippen molar-refractivity contribution >= 4 is 40.6 Å². The van der Waals surface area contributed by atoms with Gasteiger partial charge in [-0.1, -0.05) is 43.8 Å². The molecule has 1 aromatic rings. The van der Waals surface area contributed by atoms with E-state index in [-0.39, 0.29) is 17.6 Å². The Morgan fingerprint density at radius 1 is 1.06 bits per heavy atom. The van der Waals surface area contributed by atoms with E-state index in [0.717, 1.165) is 11.8 Å². The van der Waals surface area contributed by atoms with Gasteiger partial charge < -0.3 is 20.7 Å². The van der Waals surface area contributed by atoms with Gasteiger partial charge in [0.25, 0.3) is 5.91 Å². The third kappa shape index (κ3) is 8.33. The summed E-state index contributed by atoms with van der Waals surface area (Å²) in [6, 6.07) is 7.24. The fourth-order valence-corrected chi connectivity index (χ4v) is 3.46. The lowest BCUT2D eigenvalue weighted by molar-refractivity contribution is -0.145. The number of ether oxygens (including phenoxy) is 1. The topological polar surface area (TPSA) is 131 Å². The Morgan fingerprint density at radius 3 is 2.16 bits per heavy atom. The van der Waals surface area contributed by atoms with E-state index in [4.69, 9.17) is 4.74 Å². The van der Waals surface area contributed by atoms with Crippen molar-refractivity contribution in [2.24, 2.45) is 5.92 Å². The highest BCUT2D eigenvalue weighted by molar-refractivity contribution is 8.14. The zero-order valence-electron chi connectivity index (χ0n) is 19.2. The number of esters is 1. The van der Waals surface area contributed by atoms with Crippen LogP contribution in [0.5, 0.6) is 0 Å². The Labute approximate surface area is 192 Å². The summed E-state index contributed by atoms with van der Waals surface area (Å²) in [5.41, 5.74) is -0.991. The van der Waals surface area contributed by atoms with E-state index >= 15 is 0 Å². The Kier molecular flexibility index (Phi) is 10.4. The minimum Gasteiger partial charge on any atom is -0.467 e. The molecular weight excluding hydrogens is 434 g/mol. The number of methoxy groups -OCH3 is 1. The van der Waals surface area contributed by atoms with E-state index in [0.29, 0.717) is 5.56 Å². The Hall–Kier alpha value is -2.88. The molecule has 0 aromatic heterocycles. The molecule has 0 radical (unpaired) electrons. The first kappa shape index (κ1) is 27.2. The summed E-state index contributed by atoms with van der Waals surface area (Å²) in [6.45, 7) is 7.73. The van der Waals surface area contributed by atoms with E-state index in [1.807, 2.05) is 0 Å². The molecular formula is C22H31N3O6S. The highest BCUT2D eigenvalue weighted by Gasteiger charge is 2.36. The molecule has 0 aliphatic heterocycles. The largest absolute Gasteiger partial charge is 0.467 e. The summed E-state index contributed by atoms with van der Waals surface area (Å²) < 4.78 is 4.73. The molecule has 0 aliphatic carbocycles. The fraction of sp³-hybridized carbons (Fsp3) is 0.500. The maximum Gasteiger partial charge on any atom is 0.330 e. The van der Waals surface area contributed by atoms with Crippen LogP contribution in [0.1, 0.15) is 45.0 Å². The van der Waals surface area contributed by atoms with Crippen LogP contribution in [-0.4, -0.2) is 59.3 Å². The standard InChI is InChI=1S/C22H31N3O6S/c1-13(2)17(32-14(3)26)19(28)25-22(4,5)21(30)24-16(20(29)31-6)12-23-18(27)15-10-8-7-9-11-15/h7-11,13,16-17H,12H2,1-6H3,(H,23,27)(H,24,30)(H,25,28)/t16-,17-/m0/s1. The molecule has 0 heterocycles. The van der Waals surface area contributed by atoms with Crippen LogP contribution in [-0.2, 0) is 23.9 Å². The molecule has 0 saturated heterocycles. The van der Waals surface area contributed by atoms with Gasteiger partial charge in [-0.15, -0.1) is 0 Å². The number of benzene rings is 1. The Morgan fingerprint density at radius 2 is 1.66 bits per heavy atom. The number of rotatable bonds is 10. The van der Waals surface area contributed by atoms with Gasteiger partial charge in [0, 0.05) is 19.0 Å². The van der Waals surface area contributed by atoms with Crippen molar-refractivity contribution < 1.29 is 28.7 Å². The van der Waals surface area contributed by atoms with Crippen molar-refractivity contribution in [3.63, 3.8) is 0 Å². The number of nitrogens with one attached hydrogen (secondary N) is 3. The molecule has 0 aliphatic rings. The third-order valence-electron chi connectivity index (χ3n) is 4.45. The van der Waals surface area contributed by atoms with E-state index in [9.17, 15) is 24.0 Å². The van der Waals surface area contributed by atoms with Gasteiger partial charge in [0.05, 0.1) is 12.4 Å². The molecule has 0 spiro atoms. The molecule has 9 nitrogen and oxygen atoms in total. The van der Waals surface area contributed by atoms with E-state index in [1.54, 1.807) is 44.2 Å². The zero-order valence-corrected chi connectivity index (χ0v) is 20.0. The third-order valence-corrected chi connectivity index (χ3v) is 5.80. The van der Waals surface area contributed by atoms with E-state index in [2.05, 4.69) is 16.0 Å². The van der Waals surface area contributed by atoms with Gasteiger partial charge >= 0.3 is 5.97 Å². The molecule has 176 valence electrons. The van der Waals surface area contributed by atoms with Crippen molar-refractivity contribution in [2.75, 3.05) is 13.7 Å². The summed E-state index contributed by atoms with van der Waals surface area (Å²) in [4.78, 5) is 61.4. The summed E-state index contributed by atoms with van der Waals surface area (Å²) in [7, 11) is 1.17. The van der Waals surface area contributed by atoms with Crippen molar-refractivity contribution in [3.8, 4) is 0 Å². The van der Waals surface area contributed by atoms with Gasteiger partial charge in [0.2, 0.25) is 11.8 Å². The van der Waals surface area contributed by atoms with E-state index in [1.165, 1.54) is 27.9 Å². The lowest BCUT2D eigenvalue weighted by atomic mass is 10.0. The summed E-state index contributed by atoms with van der Waals surface area (Å²) in [5, 5.41) is 6.86. The molecule has 3 N–H and O–H groups in total. The number of carbonyl (C=O) groups is 5. The number of hydrogen-bond acceptors (Lipinski definition) is 7. The number of carbonyl (C=O) groups excluding carboxylic acids is 5. The fourth-order valence-electron chi connectivity index (χ4n) is 2.67. The maximum absolute atomic E-state index is 12.8. The zero-order chi connectivity index (χ0) is 24.5. The van der Waals surface area contributed by atoms with Gasteiger partial charge in [0.1, 0.15) is 11.6 Å². The highest BCUT2D eigenvalue weighted by Crippen LogP contribution is 2.21. The number of hydrogen-bond donors (Lipinski definition) is 3. The molecule has 32 heavy (non-hydrogen) atoms. The molecule has 10 heteroatoms. The smallest absolute Gasteiger partial charge is 0.330 e. The lowest BCUT2D eigenvalue weighted by Gasteiger charge is -2.30. The molecule has 0 fully saturated rings. The average Bonchev–Trinajstić information content (AvgIpc) is 2.73. The maximum atomic E-state index is 12.8. The van der Waals surface area contributed by atoms with Crippen LogP contribution in [0.4, 0.5) is 0 Å². The predicted octanol–water partition coefficient (Wildman–Crippen LogP) is 1.27. The molecule has 2 atom stereocenters. The summed E-state index contributed by atoms with van der Waals surface area (Å²) in [6.07, 6.45) is 0. The Balaban J connectivity index is 2.84. The summed E-state index contributed by atoms with van der Waals surface area (Å²) in [5.74, 6) is -2.42. The first-order chi connectivity index (χ1) is 14.9. The molecule has 0 saturated carbocycles. The van der Waals surface area contributed by atoms with Crippen LogP contribution in [0.3, 0.4) is 0 Å². The van der Waals surface area contributed by atoms with Crippen LogP contribution in [0.2, 0.25) is 0 Å². The molecule has 3 amide bonds. The second-order valence-corrected chi connectivity index (χ2v) is 9.33. The second kappa shape index (κ2) is 12.2. The Bertz CT molecular complexity index is 841. The molecule has 0 bridgehead atoms. The predicted molar refractivity (Wildman–Crippen MR) is 122 cm³/mol. The second-order valence-electron chi connectivity index (χ2n) is 8.01. The average molecular weight is 466 g/mol. The summed E-state index contributed by atoms with van der Waals surface area (Å²) >= 11 is 0.896. The number of thioether (sulfide) groups is 1. The van der Waals surface area contributed by atoms with Gasteiger partial charge in [0.15, 0.2) is 5.12 Å². The molecule has 0 unspecified atom stereocenters. The van der Waals surface area contributed by atoms with E-state index < -0.39 is 40.5 Å². The van der Waals surface area contributed by atoms with Crippen LogP contribution >= 0.6 is 11.8 Å². The first-order valence-corrected chi connectivity index (χ1v) is 11.0.